The fourth-order valence-electron chi connectivity index (χ4n) is 4.41. The molecule has 3 rings (SSSR count). The molecule has 24 heavy (non-hydrogen) atoms. The highest BCUT2D eigenvalue weighted by atomic mass is 16.5. The van der Waals surface area contributed by atoms with Crippen LogP contribution in [0.1, 0.15) is 45.1 Å². The molecule has 0 saturated carbocycles. The number of carboxylic acids is 1. The number of ether oxygens (including phenoxy) is 1. The second-order valence-electron chi connectivity index (χ2n) is 7.95. The molecule has 0 spiro atoms. The number of rotatable bonds is 5. The number of hydrogen-bond acceptors (Lipinski definition) is 2. The van der Waals surface area contributed by atoms with Crippen LogP contribution >= 0.6 is 0 Å². The highest BCUT2D eigenvalue weighted by Gasteiger charge is 2.42. The van der Waals surface area contributed by atoms with E-state index in [2.05, 4.69) is 44.2 Å². The SMILES string of the molecule is CC1(C)CC(Cc2ccccc2)C(CC2CC=CCC2C(=O)O)O1. The van der Waals surface area contributed by atoms with Gasteiger partial charge in [-0.25, -0.2) is 0 Å². The Morgan fingerprint density at radius 3 is 2.58 bits per heavy atom. The monoisotopic (exact) mass is 328 g/mol. The Balaban J connectivity index is 1.71. The van der Waals surface area contributed by atoms with Gasteiger partial charge in [-0.15, -0.1) is 0 Å². The van der Waals surface area contributed by atoms with Crippen LogP contribution in [0.5, 0.6) is 0 Å². The summed E-state index contributed by atoms with van der Waals surface area (Å²) in [6.07, 6.45) is 8.70. The van der Waals surface area contributed by atoms with Crippen LogP contribution in [-0.2, 0) is 16.0 Å². The van der Waals surface area contributed by atoms with E-state index in [4.69, 9.17) is 4.74 Å². The van der Waals surface area contributed by atoms with Gasteiger partial charge in [-0.1, -0.05) is 42.5 Å². The van der Waals surface area contributed by atoms with Crippen molar-refractivity contribution in [3.63, 3.8) is 0 Å². The Morgan fingerprint density at radius 1 is 1.17 bits per heavy atom. The zero-order chi connectivity index (χ0) is 17.2. The van der Waals surface area contributed by atoms with Gasteiger partial charge in [0.1, 0.15) is 0 Å². The summed E-state index contributed by atoms with van der Waals surface area (Å²) in [7, 11) is 0. The van der Waals surface area contributed by atoms with E-state index < -0.39 is 5.97 Å². The number of carboxylic acid groups (broad SMARTS) is 1. The first-order valence-electron chi connectivity index (χ1n) is 9.04. The average molecular weight is 328 g/mol. The van der Waals surface area contributed by atoms with E-state index in [-0.39, 0.29) is 23.5 Å². The van der Waals surface area contributed by atoms with E-state index in [0.29, 0.717) is 12.3 Å². The molecule has 2 aliphatic rings. The Labute approximate surface area is 144 Å². The van der Waals surface area contributed by atoms with Crippen molar-refractivity contribution in [2.24, 2.45) is 17.8 Å². The number of carbonyl (C=O) groups is 1. The van der Waals surface area contributed by atoms with Crippen molar-refractivity contribution in [2.75, 3.05) is 0 Å². The quantitative estimate of drug-likeness (QED) is 0.811. The van der Waals surface area contributed by atoms with E-state index in [1.165, 1.54) is 5.56 Å². The van der Waals surface area contributed by atoms with E-state index >= 15 is 0 Å². The summed E-state index contributed by atoms with van der Waals surface area (Å²) in [5.74, 6) is -0.284. The standard InChI is InChI=1S/C21H28O3/c1-21(2)14-17(12-15-8-4-3-5-9-15)19(24-21)13-16-10-6-7-11-18(16)20(22)23/h3-9,16-19H,10-14H2,1-2H3,(H,22,23). The third-order valence-electron chi connectivity index (χ3n) is 5.51. The number of allylic oxidation sites excluding steroid dienone is 2. The Kier molecular flexibility index (Phi) is 5.09. The summed E-state index contributed by atoms with van der Waals surface area (Å²) >= 11 is 0. The van der Waals surface area contributed by atoms with Crippen LogP contribution in [0, 0.1) is 17.8 Å². The highest BCUT2D eigenvalue weighted by molar-refractivity contribution is 5.70. The summed E-state index contributed by atoms with van der Waals surface area (Å²) < 4.78 is 6.35. The first-order chi connectivity index (χ1) is 11.4. The first-order valence-corrected chi connectivity index (χ1v) is 9.04. The van der Waals surface area contributed by atoms with Crippen molar-refractivity contribution in [2.45, 2.75) is 57.7 Å². The molecule has 3 heteroatoms. The average Bonchev–Trinajstić information content (AvgIpc) is 2.82. The number of benzene rings is 1. The summed E-state index contributed by atoms with van der Waals surface area (Å²) in [6.45, 7) is 4.31. The Hall–Kier alpha value is -1.61. The molecule has 1 N–H and O–H groups in total. The highest BCUT2D eigenvalue weighted by Crippen LogP contribution is 2.41. The molecule has 1 aromatic rings. The molecule has 0 bridgehead atoms. The second kappa shape index (κ2) is 7.10. The van der Waals surface area contributed by atoms with Gasteiger partial charge in [0.05, 0.1) is 17.6 Å². The Morgan fingerprint density at radius 2 is 1.88 bits per heavy atom. The second-order valence-corrected chi connectivity index (χ2v) is 7.95. The normalized spacial score (nSPS) is 31.9. The molecule has 0 amide bonds. The fraction of sp³-hybridized carbons (Fsp3) is 0.571. The minimum atomic E-state index is -0.666. The van der Waals surface area contributed by atoms with E-state index in [1.807, 2.05) is 12.1 Å². The van der Waals surface area contributed by atoms with Crippen LogP contribution < -0.4 is 0 Å². The van der Waals surface area contributed by atoms with Crippen LogP contribution in [0.4, 0.5) is 0 Å². The van der Waals surface area contributed by atoms with Gasteiger partial charge in [0, 0.05) is 0 Å². The smallest absolute Gasteiger partial charge is 0.307 e. The van der Waals surface area contributed by atoms with Gasteiger partial charge < -0.3 is 9.84 Å². The minimum Gasteiger partial charge on any atom is -0.481 e. The van der Waals surface area contributed by atoms with Gasteiger partial charge in [-0.05, 0) is 63.4 Å². The van der Waals surface area contributed by atoms with Crippen LogP contribution in [0.15, 0.2) is 42.5 Å². The van der Waals surface area contributed by atoms with Crippen molar-refractivity contribution in [3.05, 3.63) is 48.0 Å². The van der Waals surface area contributed by atoms with Gasteiger partial charge in [-0.3, -0.25) is 4.79 Å². The predicted octanol–water partition coefficient (Wildman–Crippen LogP) is 4.47. The maximum atomic E-state index is 11.6. The molecule has 4 atom stereocenters. The van der Waals surface area contributed by atoms with Crippen LogP contribution in [0.3, 0.4) is 0 Å². The van der Waals surface area contributed by atoms with Gasteiger partial charge in [0.15, 0.2) is 0 Å². The first kappa shape index (κ1) is 17.2. The van der Waals surface area contributed by atoms with Crippen LogP contribution in [-0.4, -0.2) is 22.8 Å². The predicted molar refractivity (Wildman–Crippen MR) is 94.8 cm³/mol. The third-order valence-corrected chi connectivity index (χ3v) is 5.51. The zero-order valence-electron chi connectivity index (χ0n) is 14.7. The lowest BCUT2D eigenvalue weighted by Crippen LogP contribution is -2.31. The number of hydrogen-bond donors (Lipinski definition) is 1. The molecular formula is C21H28O3. The van der Waals surface area contributed by atoms with Gasteiger partial charge in [0.25, 0.3) is 0 Å². The molecular weight excluding hydrogens is 300 g/mol. The molecule has 0 aromatic heterocycles. The fourth-order valence-corrected chi connectivity index (χ4v) is 4.41. The summed E-state index contributed by atoms with van der Waals surface area (Å²) in [5, 5.41) is 9.51. The maximum absolute atomic E-state index is 11.6. The topological polar surface area (TPSA) is 46.5 Å². The van der Waals surface area contributed by atoms with Crippen molar-refractivity contribution in [3.8, 4) is 0 Å². The summed E-state index contributed by atoms with van der Waals surface area (Å²) in [4.78, 5) is 11.6. The lowest BCUT2D eigenvalue weighted by molar-refractivity contribution is -0.144. The van der Waals surface area contributed by atoms with Crippen molar-refractivity contribution >= 4 is 5.97 Å². The maximum Gasteiger partial charge on any atom is 0.307 e. The molecule has 130 valence electrons. The van der Waals surface area contributed by atoms with Crippen LogP contribution in [0.2, 0.25) is 0 Å². The number of aliphatic carboxylic acids is 1. The lowest BCUT2D eigenvalue weighted by atomic mass is 9.77. The lowest BCUT2D eigenvalue weighted by Gasteiger charge is -2.30. The summed E-state index contributed by atoms with van der Waals surface area (Å²) in [5.41, 5.74) is 1.22. The van der Waals surface area contributed by atoms with E-state index in [9.17, 15) is 9.90 Å². The summed E-state index contributed by atoms with van der Waals surface area (Å²) in [6, 6.07) is 10.6. The molecule has 1 fully saturated rings. The van der Waals surface area contributed by atoms with Crippen molar-refractivity contribution in [1.82, 2.24) is 0 Å². The molecule has 1 aliphatic carbocycles. The molecule has 0 radical (unpaired) electrons. The van der Waals surface area contributed by atoms with Gasteiger partial charge in [0.2, 0.25) is 0 Å². The van der Waals surface area contributed by atoms with Crippen molar-refractivity contribution in [1.29, 1.82) is 0 Å². The van der Waals surface area contributed by atoms with E-state index in [0.717, 1.165) is 25.7 Å². The van der Waals surface area contributed by atoms with Gasteiger partial charge in [-0.2, -0.15) is 0 Å². The molecule has 1 heterocycles. The molecule has 1 aromatic carbocycles. The molecule has 3 nitrogen and oxygen atoms in total. The zero-order valence-corrected chi connectivity index (χ0v) is 14.7. The van der Waals surface area contributed by atoms with Crippen LogP contribution in [0.25, 0.3) is 0 Å². The van der Waals surface area contributed by atoms with Gasteiger partial charge >= 0.3 is 5.97 Å². The minimum absolute atomic E-state index is 0.118. The third kappa shape index (κ3) is 4.07. The van der Waals surface area contributed by atoms with E-state index in [1.54, 1.807) is 0 Å². The molecule has 4 unspecified atom stereocenters. The van der Waals surface area contributed by atoms with Crippen molar-refractivity contribution < 1.29 is 14.6 Å². The molecule has 1 aliphatic heterocycles. The Bertz CT molecular complexity index is 590. The molecule has 1 saturated heterocycles. The largest absolute Gasteiger partial charge is 0.481 e.